The zero-order chi connectivity index (χ0) is 18.6. The lowest BCUT2D eigenvalue weighted by Gasteiger charge is -2.25. The molecule has 25 heavy (non-hydrogen) atoms. The maximum Gasteiger partial charge on any atom is 0.308 e. The summed E-state index contributed by atoms with van der Waals surface area (Å²) in [5, 5.41) is 3.64. The molecular weight excluding hydrogens is 365 g/mol. The summed E-state index contributed by atoms with van der Waals surface area (Å²) in [6.07, 6.45) is 0. The van der Waals surface area contributed by atoms with Gasteiger partial charge in [0, 0.05) is 17.0 Å². The first-order chi connectivity index (χ1) is 11.7. The second-order valence-corrected chi connectivity index (χ2v) is 6.63. The number of carbonyl (C=O) groups is 2. The highest BCUT2D eigenvalue weighted by Gasteiger charge is 2.31. The van der Waals surface area contributed by atoms with Gasteiger partial charge in [0.05, 0.1) is 5.69 Å². The summed E-state index contributed by atoms with van der Waals surface area (Å²) in [6, 6.07) is 11.2. The van der Waals surface area contributed by atoms with E-state index in [9.17, 15) is 9.59 Å². The normalized spacial score (nSPS) is 10.9. The molecule has 2 aromatic carbocycles. The quantitative estimate of drug-likeness (QED) is 0.601. The van der Waals surface area contributed by atoms with Gasteiger partial charge in [-0.05, 0) is 56.3 Å². The van der Waals surface area contributed by atoms with Gasteiger partial charge >= 0.3 is 5.97 Å². The van der Waals surface area contributed by atoms with E-state index in [-0.39, 0.29) is 11.4 Å². The van der Waals surface area contributed by atoms with Gasteiger partial charge in [-0.3, -0.25) is 9.59 Å². The fourth-order valence-electron chi connectivity index (χ4n) is 1.96. The summed E-state index contributed by atoms with van der Waals surface area (Å²) < 4.78 is 10.8. The predicted octanol–water partition coefficient (Wildman–Crippen LogP) is 4.71. The molecule has 0 fully saturated rings. The smallest absolute Gasteiger partial charge is 0.308 e. The van der Waals surface area contributed by atoms with Gasteiger partial charge in [0.25, 0.3) is 5.91 Å². The van der Waals surface area contributed by atoms with Crippen LogP contribution < -0.4 is 14.8 Å². The van der Waals surface area contributed by atoms with E-state index in [4.69, 9.17) is 32.7 Å². The average molecular weight is 382 g/mol. The van der Waals surface area contributed by atoms with Gasteiger partial charge in [0.2, 0.25) is 0 Å². The maximum atomic E-state index is 12.6. The molecule has 0 heterocycles. The Morgan fingerprint density at radius 3 is 2.20 bits per heavy atom. The lowest BCUT2D eigenvalue weighted by molar-refractivity contribution is -0.132. The van der Waals surface area contributed by atoms with Crippen molar-refractivity contribution in [2.45, 2.75) is 26.4 Å². The molecule has 0 aliphatic rings. The molecule has 0 saturated heterocycles. The van der Waals surface area contributed by atoms with Crippen molar-refractivity contribution < 1.29 is 19.1 Å². The number of rotatable bonds is 5. The van der Waals surface area contributed by atoms with Crippen molar-refractivity contribution in [2.75, 3.05) is 5.32 Å². The Morgan fingerprint density at radius 2 is 1.60 bits per heavy atom. The van der Waals surface area contributed by atoms with Crippen LogP contribution >= 0.6 is 23.2 Å². The van der Waals surface area contributed by atoms with Gasteiger partial charge in [-0.25, -0.2) is 0 Å². The van der Waals surface area contributed by atoms with Crippen LogP contribution in [0, 0.1) is 0 Å². The van der Waals surface area contributed by atoms with Gasteiger partial charge in [-0.2, -0.15) is 0 Å². The molecule has 0 radical (unpaired) electrons. The lowest BCUT2D eigenvalue weighted by Crippen LogP contribution is -2.42. The molecule has 132 valence electrons. The molecule has 7 heteroatoms. The zero-order valence-electron chi connectivity index (χ0n) is 13.9. The van der Waals surface area contributed by atoms with E-state index < -0.39 is 17.5 Å². The van der Waals surface area contributed by atoms with Crippen molar-refractivity contribution >= 4 is 40.8 Å². The minimum atomic E-state index is -1.19. The number of anilines is 1. The number of esters is 1. The Labute approximate surface area is 155 Å². The van der Waals surface area contributed by atoms with E-state index in [0.717, 1.165) is 0 Å². The third-order valence-electron chi connectivity index (χ3n) is 3.18. The molecule has 0 aliphatic heterocycles. The molecule has 0 spiro atoms. The van der Waals surface area contributed by atoms with Gasteiger partial charge < -0.3 is 14.8 Å². The van der Waals surface area contributed by atoms with E-state index in [0.29, 0.717) is 15.8 Å². The number of amides is 1. The molecule has 2 rings (SSSR count). The number of hydrogen-bond donors (Lipinski definition) is 1. The summed E-state index contributed by atoms with van der Waals surface area (Å²) in [5.41, 5.74) is -0.913. The van der Waals surface area contributed by atoms with Crippen LogP contribution in [0.4, 0.5) is 5.69 Å². The minimum absolute atomic E-state index is 0.201. The van der Waals surface area contributed by atoms with Crippen molar-refractivity contribution in [1.82, 2.24) is 0 Å². The van der Waals surface area contributed by atoms with Crippen LogP contribution in [-0.4, -0.2) is 17.5 Å². The standard InChI is InChI=1S/C18H17Cl2NO4/c1-11(22)24-16-9-6-13(20)10-15(16)21-17(23)18(2,3)25-14-7-4-12(19)5-8-14/h4-10H,1-3H3,(H,21,23). The monoisotopic (exact) mass is 381 g/mol. The van der Waals surface area contributed by atoms with Crippen LogP contribution in [0.15, 0.2) is 42.5 Å². The first kappa shape index (κ1) is 19.1. The SMILES string of the molecule is CC(=O)Oc1ccc(Cl)cc1NC(=O)C(C)(C)Oc1ccc(Cl)cc1. The Hall–Kier alpha value is -2.24. The van der Waals surface area contributed by atoms with E-state index >= 15 is 0 Å². The van der Waals surface area contributed by atoms with Crippen LogP contribution in [0.2, 0.25) is 10.0 Å². The van der Waals surface area contributed by atoms with Gasteiger partial charge in [0.15, 0.2) is 11.4 Å². The Bertz CT molecular complexity index is 788. The van der Waals surface area contributed by atoms with Crippen LogP contribution in [0.5, 0.6) is 11.5 Å². The molecule has 0 aromatic heterocycles. The zero-order valence-corrected chi connectivity index (χ0v) is 15.4. The molecule has 0 bridgehead atoms. The number of benzene rings is 2. The topological polar surface area (TPSA) is 64.6 Å². The highest BCUT2D eigenvalue weighted by Crippen LogP contribution is 2.30. The second-order valence-electron chi connectivity index (χ2n) is 5.75. The molecule has 5 nitrogen and oxygen atoms in total. The summed E-state index contributed by atoms with van der Waals surface area (Å²) in [5.74, 6) is -0.240. The lowest BCUT2D eigenvalue weighted by atomic mass is 10.1. The summed E-state index contributed by atoms with van der Waals surface area (Å²) in [6.45, 7) is 4.51. The second kappa shape index (κ2) is 7.76. The highest BCUT2D eigenvalue weighted by atomic mass is 35.5. The molecule has 2 aromatic rings. The molecule has 0 atom stereocenters. The molecular formula is C18H17Cl2NO4. The average Bonchev–Trinajstić information content (AvgIpc) is 2.51. The van der Waals surface area contributed by atoms with Gasteiger partial charge in [0.1, 0.15) is 5.75 Å². The summed E-state index contributed by atoms with van der Waals surface area (Å²) >= 11 is 11.8. The minimum Gasteiger partial charge on any atom is -0.478 e. The largest absolute Gasteiger partial charge is 0.478 e. The van der Waals surface area contributed by atoms with Gasteiger partial charge in [-0.1, -0.05) is 23.2 Å². The Morgan fingerprint density at radius 1 is 1.00 bits per heavy atom. The number of nitrogens with one attached hydrogen (secondary N) is 1. The third-order valence-corrected chi connectivity index (χ3v) is 3.66. The molecule has 0 saturated carbocycles. The van der Waals surface area contributed by atoms with Crippen LogP contribution in [0.3, 0.4) is 0 Å². The fraction of sp³-hybridized carbons (Fsp3) is 0.222. The first-order valence-electron chi connectivity index (χ1n) is 7.41. The third kappa shape index (κ3) is 5.37. The highest BCUT2D eigenvalue weighted by molar-refractivity contribution is 6.31. The van der Waals surface area contributed by atoms with E-state index in [1.54, 1.807) is 44.2 Å². The van der Waals surface area contributed by atoms with E-state index in [2.05, 4.69) is 5.32 Å². The maximum absolute atomic E-state index is 12.6. The summed E-state index contributed by atoms with van der Waals surface area (Å²) in [4.78, 5) is 23.8. The molecule has 1 N–H and O–H groups in total. The van der Waals surface area contributed by atoms with E-state index in [1.165, 1.54) is 19.1 Å². The predicted molar refractivity (Wildman–Crippen MR) is 97.5 cm³/mol. The van der Waals surface area contributed by atoms with Crippen molar-refractivity contribution in [3.8, 4) is 11.5 Å². The fourth-order valence-corrected chi connectivity index (χ4v) is 2.26. The van der Waals surface area contributed by atoms with Crippen LogP contribution in [0.1, 0.15) is 20.8 Å². The van der Waals surface area contributed by atoms with Crippen molar-refractivity contribution in [2.24, 2.45) is 0 Å². The van der Waals surface area contributed by atoms with Crippen molar-refractivity contribution in [3.05, 3.63) is 52.5 Å². The molecule has 0 aliphatic carbocycles. The number of ether oxygens (including phenoxy) is 2. The van der Waals surface area contributed by atoms with Crippen LogP contribution in [-0.2, 0) is 9.59 Å². The van der Waals surface area contributed by atoms with E-state index in [1.807, 2.05) is 0 Å². The van der Waals surface area contributed by atoms with Crippen LogP contribution in [0.25, 0.3) is 0 Å². The number of halogens is 2. The number of hydrogen-bond acceptors (Lipinski definition) is 4. The number of carbonyl (C=O) groups excluding carboxylic acids is 2. The first-order valence-corrected chi connectivity index (χ1v) is 8.17. The van der Waals surface area contributed by atoms with Crippen molar-refractivity contribution in [1.29, 1.82) is 0 Å². The Balaban J connectivity index is 2.18. The van der Waals surface area contributed by atoms with Gasteiger partial charge in [-0.15, -0.1) is 0 Å². The summed E-state index contributed by atoms with van der Waals surface area (Å²) in [7, 11) is 0. The van der Waals surface area contributed by atoms with Crippen molar-refractivity contribution in [3.63, 3.8) is 0 Å². The Kier molecular flexibility index (Phi) is 5.93. The molecule has 1 amide bonds. The molecule has 0 unspecified atom stereocenters.